The van der Waals surface area contributed by atoms with Gasteiger partial charge < -0.3 is 9.67 Å². The van der Waals surface area contributed by atoms with Crippen LogP contribution in [0.2, 0.25) is 0 Å². The van der Waals surface area contributed by atoms with Gasteiger partial charge in [0.15, 0.2) is 0 Å². The highest BCUT2D eigenvalue weighted by Crippen LogP contribution is 2.23. The van der Waals surface area contributed by atoms with Gasteiger partial charge >= 0.3 is 5.97 Å². The summed E-state index contributed by atoms with van der Waals surface area (Å²) >= 11 is 1.74. The van der Waals surface area contributed by atoms with Gasteiger partial charge in [-0.15, -0.1) is 11.3 Å². The number of rotatable bonds is 4. The predicted molar refractivity (Wildman–Crippen MR) is 84.2 cm³/mol. The second kappa shape index (κ2) is 5.33. The Morgan fingerprint density at radius 3 is 2.90 bits per heavy atom. The van der Waals surface area contributed by atoms with Gasteiger partial charge in [0.05, 0.1) is 23.1 Å². The molecule has 0 aliphatic carbocycles. The molecule has 0 fully saturated rings. The number of hydrogen-bond donors (Lipinski definition) is 1. The lowest BCUT2D eigenvalue weighted by Gasteiger charge is -2.07. The van der Waals surface area contributed by atoms with Crippen LogP contribution in [-0.4, -0.2) is 20.6 Å². The van der Waals surface area contributed by atoms with Gasteiger partial charge in [0.1, 0.15) is 5.82 Å². The van der Waals surface area contributed by atoms with Crippen LogP contribution < -0.4 is 0 Å². The Morgan fingerprint density at radius 2 is 2.19 bits per heavy atom. The zero-order valence-corrected chi connectivity index (χ0v) is 12.8. The normalized spacial score (nSPS) is 11.1. The van der Waals surface area contributed by atoms with E-state index in [2.05, 4.69) is 27.9 Å². The average Bonchev–Trinajstić information content (AvgIpc) is 3.03. The molecule has 2 heterocycles. The van der Waals surface area contributed by atoms with Crippen LogP contribution in [0.1, 0.15) is 33.5 Å². The summed E-state index contributed by atoms with van der Waals surface area (Å²) in [4.78, 5) is 17.0. The van der Waals surface area contributed by atoms with Gasteiger partial charge in [-0.3, -0.25) is 0 Å². The molecule has 1 N–H and O–H groups in total. The van der Waals surface area contributed by atoms with Crippen molar-refractivity contribution in [1.82, 2.24) is 9.55 Å². The molecule has 1 aromatic carbocycles. The Labute approximate surface area is 126 Å². The van der Waals surface area contributed by atoms with Crippen molar-refractivity contribution in [2.75, 3.05) is 0 Å². The number of carbonyl (C=O) groups is 1. The first-order valence-corrected chi connectivity index (χ1v) is 7.73. The number of carboxylic acid groups (broad SMARTS) is 1. The van der Waals surface area contributed by atoms with Gasteiger partial charge in [-0.25, -0.2) is 9.78 Å². The molecule has 0 radical (unpaired) electrons. The fourth-order valence-corrected chi connectivity index (χ4v) is 3.50. The van der Waals surface area contributed by atoms with Crippen LogP contribution in [0.3, 0.4) is 0 Å². The standard InChI is InChI=1S/C16H16N2O2S/c1-3-11-6-7-21-15(11)9-18-10(2)17-13-5-4-12(16(19)20)8-14(13)18/h4-8H,3,9H2,1-2H3,(H,19,20). The molecule has 3 aromatic rings. The highest BCUT2D eigenvalue weighted by Gasteiger charge is 2.13. The lowest BCUT2D eigenvalue weighted by Crippen LogP contribution is -2.03. The van der Waals surface area contributed by atoms with E-state index in [1.807, 2.05) is 6.92 Å². The summed E-state index contributed by atoms with van der Waals surface area (Å²) in [5.41, 5.74) is 3.36. The highest BCUT2D eigenvalue weighted by molar-refractivity contribution is 7.10. The zero-order valence-electron chi connectivity index (χ0n) is 12.0. The van der Waals surface area contributed by atoms with Crippen molar-refractivity contribution >= 4 is 28.3 Å². The minimum Gasteiger partial charge on any atom is -0.478 e. The minimum atomic E-state index is -0.910. The van der Waals surface area contributed by atoms with Gasteiger partial charge in [0, 0.05) is 4.88 Å². The van der Waals surface area contributed by atoms with Gasteiger partial charge in [-0.2, -0.15) is 0 Å². The summed E-state index contributed by atoms with van der Waals surface area (Å²) in [6.07, 6.45) is 1.00. The number of thiophene rings is 1. The summed E-state index contributed by atoms with van der Waals surface area (Å²) in [5, 5.41) is 11.3. The molecule has 0 aliphatic heterocycles. The van der Waals surface area contributed by atoms with Crippen LogP contribution >= 0.6 is 11.3 Å². The first kappa shape index (κ1) is 13.8. The van der Waals surface area contributed by atoms with Crippen molar-refractivity contribution in [3.63, 3.8) is 0 Å². The van der Waals surface area contributed by atoms with Crippen molar-refractivity contribution in [1.29, 1.82) is 0 Å². The number of benzene rings is 1. The van der Waals surface area contributed by atoms with Crippen molar-refractivity contribution in [3.8, 4) is 0 Å². The third-order valence-corrected chi connectivity index (χ3v) is 4.65. The summed E-state index contributed by atoms with van der Waals surface area (Å²) < 4.78 is 2.09. The third-order valence-electron chi connectivity index (χ3n) is 3.71. The van der Waals surface area contributed by atoms with E-state index in [1.54, 1.807) is 29.5 Å². The molecule has 0 bridgehead atoms. The molecule has 21 heavy (non-hydrogen) atoms. The molecule has 3 rings (SSSR count). The monoisotopic (exact) mass is 300 g/mol. The SMILES string of the molecule is CCc1ccsc1Cn1c(C)nc2ccc(C(=O)O)cc21. The van der Waals surface area contributed by atoms with E-state index in [4.69, 9.17) is 5.11 Å². The van der Waals surface area contributed by atoms with E-state index in [-0.39, 0.29) is 0 Å². The smallest absolute Gasteiger partial charge is 0.335 e. The Bertz CT molecular complexity index is 817. The average molecular weight is 300 g/mol. The molecule has 0 aliphatic rings. The van der Waals surface area contributed by atoms with Crippen LogP contribution in [0.15, 0.2) is 29.6 Å². The summed E-state index contributed by atoms with van der Waals surface area (Å²) in [5.74, 6) is -0.00401. The number of hydrogen-bond acceptors (Lipinski definition) is 3. The van der Waals surface area contributed by atoms with Gasteiger partial charge in [0.2, 0.25) is 0 Å². The predicted octanol–water partition coefficient (Wildman–Crippen LogP) is 3.72. The molecular weight excluding hydrogens is 284 g/mol. The Kier molecular flexibility index (Phi) is 3.51. The first-order chi connectivity index (χ1) is 10.1. The van der Waals surface area contributed by atoms with Crippen LogP contribution in [0.4, 0.5) is 0 Å². The van der Waals surface area contributed by atoms with Crippen LogP contribution in [0.25, 0.3) is 11.0 Å². The number of nitrogens with zero attached hydrogens (tertiary/aromatic N) is 2. The molecule has 108 valence electrons. The maximum Gasteiger partial charge on any atom is 0.335 e. The molecule has 0 spiro atoms. The molecular formula is C16H16N2O2S. The third kappa shape index (κ3) is 2.45. The molecule has 0 saturated heterocycles. The lowest BCUT2D eigenvalue weighted by molar-refractivity contribution is 0.0697. The topological polar surface area (TPSA) is 55.1 Å². The van der Waals surface area contributed by atoms with Gasteiger partial charge in [-0.1, -0.05) is 6.92 Å². The number of carboxylic acids is 1. The Balaban J connectivity index is 2.10. The number of aryl methyl sites for hydroxylation is 2. The zero-order chi connectivity index (χ0) is 15.0. The fraction of sp³-hybridized carbons (Fsp3) is 0.250. The van der Waals surface area contributed by atoms with E-state index < -0.39 is 5.97 Å². The molecule has 0 amide bonds. The van der Waals surface area contributed by atoms with E-state index >= 15 is 0 Å². The number of imidazole rings is 1. The second-order valence-corrected chi connectivity index (χ2v) is 5.98. The molecule has 2 aromatic heterocycles. The van der Waals surface area contributed by atoms with Crippen molar-refractivity contribution < 1.29 is 9.90 Å². The fourth-order valence-electron chi connectivity index (χ4n) is 2.54. The number of aromatic carboxylic acids is 1. The van der Waals surface area contributed by atoms with Crippen molar-refractivity contribution in [2.24, 2.45) is 0 Å². The minimum absolute atomic E-state index is 0.297. The quantitative estimate of drug-likeness (QED) is 0.799. The Hall–Kier alpha value is -2.14. The van der Waals surface area contributed by atoms with E-state index in [0.29, 0.717) is 5.56 Å². The van der Waals surface area contributed by atoms with Crippen molar-refractivity contribution in [2.45, 2.75) is 26.8 Å². The molecule has 4 nitrogen and oxygen atoms in total. The van der Waals surface area contributed by atoms with Crippen molar-refractivity contribution in [3.05, 3.63) is 51.5 Å². The van der Waals surface area contributed by atoms with Crippen LogP contribution in [0.5, 0.6) is 0 Å². The largest absolute Gasteiger partial charge is 0.478 e. The maximum absolute atomic E-state index is 11.2. The van der Waals surface area contributed by atoms with E-state index in [0.717, 1.165) is 29.8 Å². The van der Waals surface area contributed by atoms with Gasteiger partial charge in [0.25, 0.3) is 0 Å². The molecule has 0 saturated carbocycles. The van der Waals surface area contributed by atoms with E-state index in [9.17, 15) is 4.79 Å². The summed E-state index contributed by atoms with van der Waals surface area (Å²) in [6, 6.07) is 7.23. The Morgan fingerprint density at radius 1 is 1.38 bits per heavy atom. The van der Waals surface area contributed by atoms with E-state index in [1.165, 1.54) is 10.4 Å². The maximum atomic E-state index is 11.2. The molecule has 5 heteroatoms. The van der Waals surface area contributed by atoms with Crippen LogP contribution in [0, 0.1) is 6.92 Å². The molecule has 0 atom stereocenters. The van der Waals surface area contributed by atoms with Crippen LogP contribution in [-0.2, 0) is 13.0 Å². The van der Waals surface area contributed by atoms with Gasteiger partial charge in [-0.05, 0) is 48.6 Å². The second-order valence-electron chi connectivity index (χ2n) is 4.98. The lowest BCUT2D eigenvalue weighted by atomic mass is 10.2. The highest BCUT2D eigenvalue weighted by atomic mass is 32.1. The number of aromatic nitrogens is 2. The molecule has 0 unspecified atom stereocenters. The summed E-state index contributed by atoms with van der Waals surface area (Å²) in [6.45, 7) is 4.85. The first-order valence-electron chi connectivity index (χ1n) is 6.85. The summed E-state index contributed by atoms with van der Waals surface area (Å²) in [7, 11) is 0. The number of fused-ring (bicyclic) bond motifs is 1.